The number of nitriles is 1. The van der Waals surface area contributed by atoms with Crippen LogP contribution < -0.4 is 0 Å². The van der Waals surface area contributed by atoms with E-state index in [1.54, 1.807) is 18.2 Å². The van der Waals surface area contributed by atoms with Gasteiger partial charge in [0.15, 0.2) is 6.29 Å². The molecule has 0 aromatic heterocycles. The van der Waals surface area contributed by atoms with Crippen molar-refractivity contribution in [3.8, 4) is 17.9 Å². The molecule has 0 heterocycles. The van der Waals surface area contributed by atoms with E-state index < -0.39 is 0 Å². The predicted molar refractivity (Wildman–Crippen MR) is 53.9 cm³/mol. The molecular weight excluding hydrogens is 198 g/mol. The lowest BCUT2D eigenvalue weighted by molar-refractivity contribution is 0.112. The number of aldehydes is 1. The van der Waals surface area contributed by atoms with Crippen molar-refractivity contribution in [2.45, 2.75) is 6.42 Å². The van der Waals surface area contributed by atoms with Crippen molar-refractivity contribution in [2.24, 2.45) is 0 Å². The van der Waals surface area contributed by atoms with Gasteiger partial charge in [-0.05, 0) is 18.2 Å². The summed E-state index contributed by atoms with van der Waals surface area (Å²) in [5.74, 6) is 5.36. The number of halogens is 1. The molecule has 3 heteroatoms. The van der Waals surface area contributed by atoms with Crippen LogP contribution in [0.5, 0.6) is 0 Å². The molecule has 0 saturated heterocycles. The minimum atomic E-state index is 0.154. The Morgan fingerprint density at radius 1 is 1.50 bits per heavy atom. The highest BCUT2D eigenvalue weighted by Gasteiger charge is 1.98. The molecule has 0 aliphatic carbocycles. The highest BCUT2D eigenvalue weighted by molar-refractivity contribution is 6.30. The molecule has 0 bridgehead atoms. The fraction of sp³-hybridized carbons (Fsp3) is 0.0909. The summed E-state index contributed by atoms with van der Waals surface area (Å²) in [7, 11) is 0. The Labute approximate surface area is 87.1 Å². The molecule has 0 N–H and O–H groups in total. The number of nitrogens with zero attached hydrogens (tertiary/aromatic N) is 1. The highest BCUT2D eigenvalue weighted by atomic mass is 35.5. The van der Waals surface area contributed by atoms with Gasteiger partial charge in [-0.1, -0.05) is 23.4 Å². The van der Waals surface area contributed by atoms with E-state index in [-0.39, 0.29) is 6.42 Å². The topological polar surface area (TPSA) is 40.9 Å². The maximum Gasteiger partial charge on any atom is 0.151 e. The average Bonchev–Trinajstić information content (AvgIpc) is 2.20. The first-order valence-corrected chi connectivity index (χ1v) is 4.26. The fourth-order valence-corrected chi connectivity index (χ4v) is 1.10. The molecule has 1 aromatic rings. The smallest absolute Gasteiger partial charge is 0.151 e. The van der Waals surface area contributed by atoms with E-state index in [4.69, 9.17) is 16.9 Å². The third-order valence-corrected chi connectivity index (χ3v) is 1.77. The second-order valence-corrected chi connectivity index (χ2v) is 2.92. The highest BCUT2D eigenvalue weighted by Crippen LogP contribution is 2.13. The number of rotatable bonds is 1. The maximum absolute atomic E-state index is 10.6. The molecule has 0 saturated carbocycles. The van der Waals surface area contributed by atoms with Crippen LogP contribution in [0.2, 0.25) is 5.02 Å². The zero-order chi connectivity index (χ0) is 10.4. The predicted octanol–water partition coefficient (Wildman–Crippen LogP) is 2.42. The zero-order valence-electron chi connectivity index (χ0n) is 7.25. The van der Waals surface area contributed by atoms with Crippen LogP contribution in [0.1, 0.15) is 22.3 Å². The molecule has 1 aromatic carbocycles. The van der Waals surface area contributed by atoms with Crippen LogP contribution in [0.15, 0.2) is 18.2 Å². The molecule has 0 aliphatic rings. The summed E-state index contributed by atoms with van der Waals surface area (Å²) in [5, 5.41) is 8.77. The Morgan fingerprint density at radius 2 is 2.29 bits per heavy atom. The third kappa shape index (κ3) is 2.62. The van der Waals surface area contributed by atoms with Gasteiger partial charge in [0.2, 0.25) is 0 Å². The molecule has 0 amide bonds. The second-order valence-electron chi connectivity index (χ2n) is 2.49. The van der Waals surface area contributed by atoms with Gasteiger partial charge >= 0.3 is 0 Å². The molecule has 0 spiro atoms. The van der Waals surface area contributed by atoms with E-state index in [1.165, 1.54) is 0 Å². The molecule has 1 rings (SSSR count). The number of hydrogen-bond donors (Lipinski definition) is 0. The lowest BCUT2D eigenvalue weighted by Gasteiger charge is -1.96. The SMILES string of the molecule is N#CCC#Cc1ccc(Cl)cc1C=O. The number of hydrogen-bond acceptors (Lipinski definition) is 2. The van der Waals surface area contributed by atoms with Crippen molar-refractivity contribution in [1.29, 1.82) is 5.26 Å². The van der Waals surface area contributed by atoms with Gasteiger partial charge in [-0.25, -0.2) is 0 Å². The molecule has 0 aliphatic heterocycles. The molecule has 0 radical (unpaired) electrons. The Kier molecular flexibility index (Phi) is 3.73. The van der Waals surface area contributed by atoms with E-state index in [0.717, 1.165) is 0 Å². The Bertz CT molecular complexity index is 449. The summed E-state index contributed by atoms with van der Waals surface area (Å²) in [5.41, 5.74) is 1.04. The lowest BCUT2D eigenvalue weighted by Crippen LogP contribution is -1.86. The van der Waals surface area contributed by atoms with Crippen LogP contribution in [0.4, 0.5) is 0 Å². The summed E-state index contributed by atoms with van der Waals surface area (Å²) < 4.78 is 0. The molecule has 2 nitrogen and oxygen atoms in total. The van der Waals surface area contributed by atoms with Crippen molar-refractivity contribution in [3.05, 3.63) is 34.3 Å². The zero-order valence-corrected chi connectivity index (χ0v) is 8.01. The molecule has 14 heavy (non-hydrogen) atoms. The minimum absolute atomic E-state index is 0.154. The molecular formula is C11H6ClNO. The number of carbonyl (C=O) groups is 1. The Morgan fingerprint density at radius 3 is 2.93 bits per heavy atom. The third-order valence-electron chi connectivity index (χ3n) is 1.53. The number of benzene rings is 1. The largest absolute Gasteiger partial charge is 0.298 e. The monoisotopic (exact) mass is 203 g/mol. The maximum atomic E-state index is 10.6. The van der Waals surface area contributed by atoms with Crippen molar-refractivity contribution in [2.75, 3.05) is 0 Å². The quantitative estimate of drug-likeness (QED) is 0.520. The molecule has 0 fully saturated rings. The summed E-state index contributed by atoms with van der Waals surface area (Å²) in [4.78, 5) is 10.6. The normalized spacial score (nSPS) is 8.29. The van der Waals surface area contributed by atoms with Crippen LogP contribution >= 0.6 is 11.6 Å². The summed E-state index contributed by atoms with van der Waals surface area (Å²) in [6.07, 6.45) is 0.850. The van der Waals surface area contributed by atoms with Crippen LogP contribution in [-0.2, 0) is 0 Å². The summed E-state index contributed by atoms with van der Waals surface area (Å²) in [6, 6.07) is 6.77. The van der Waals surface area contributed by atoms with E-state index in [1.807, 2.05) is 6.07 Å². The van der Waals surface area contributed by atoms with Crippen LogP contribution in [-0.4, -0.2) is 6.29 Å². The Hall–Kier alpha value is -1.77. The first-order valence-electron chi connectivity index (χ1n) is 3.88. The van der Waals surface area contributed by atoms with Crippen molar-refractivity contribution >= 4 is 17.9 Å². The van der Waals surface area contributed by atoms with Crippen LogP contribution in [0.3, 0.4) is 0 Å². The van der Waals surface area contributed by atoms with E-state index >= 15 is 0 Å². The van der Waals surface area contributed by atoms with E-state index in [9.17, 15) is 4.79 Å². The van der Waals surface area contributed by atoms with Crippen LogP contribution in [0, 0.1) is 23.2 Å². The van der Waals surface area contributed by atoms with E-state index in [0.29, 0.717) is 22.4 Å². The van der Waals surface area contributed by atoms with Crippen molar-refractivity contribution in [1.82, 2.24) is 0 Å². The summed E-state index contributed by atoms with van der Waals surface area (Å²) >= 11 is 5.70. The van der Waals surface area contributed by atoms with Gasteiger partial charge in [0.1, 0.15) is 0 Å². The fourth-order valence-electron chi connectivity index (χ4n) is 0.924. The lowest BCUT2D eigenvalue weighted by atomic mass is 10.1. The van der Waals surface area contributed by atoms with Gasteiger partial charge in [-0.2, -0.15) is 5.26 Å². The van der Waals surface area contributed by atoms with Gasteiger partial charge in [-0.15, -0.1) is 0 Å². The molecule has 0 atom stereocenters. The van der Waals surface area contributed by atoms with E-state index in [2.05, 4.69) is 11.8 Å². The van der Waals surface area contributed by atoms with Crippen molar-refractivity contribution in [3.63, 3.8) is 0 Å². The van der Waals surface area contributed by atoms with Gasteiger partial charge in [0.05, 0.1) is 12.5 Å². The minimum Gasteiger partial charge on any atom is -0.298 e. The van der Waals surface area contributed by atoms with Gasteiger partial charge in [-0.3, -0.25) is 4.79 Å². The number of carbonyl (C=O) groups excluding carboxylic acids is 1. The van der Waals surface area contributed by atoms with Gasteiger partial charge in [0, 0.05) is 16.1 Å². The van der Waals surface area contributed by atoms with Crippen LogP contribution in [0.25, 0.3) is 0 Å². The average molecular weight is 204 g/mol. The Balaban J connectivity index is 3.05. The first kappa shape index (κ1) is 10.3. The standard InChI is InChI=1S/C11H6ClNO/c12-11-5-4-9(3-1-2-6-13)10(7-11)8-14/h4-5,7-8H,2H2. The molecule has 0 unspecified atom stereocenters. The summed E-state index contributed by atoms with van der Waals surface area (Å²) in [6.45, 7) is 0. The van der Waals surface area contributed by atoms with Crippen molar-refractivity contribution < 1.29 is 4.79 Å². The molecule has 68 valence electrons. The first-order chi connectivity index (χ1) is 6.77. The second kappa shape index (κ2) is 5.07. The van der Waals surface area contributed by atoms with Gasteiger partial charge in [0.25, 0.3) is 0 Å². The van der Waals surface area contributed by atoms with Gasteiger partial charge < -0.3 is 0 Å².